The number of methoxy groups -OCH3 is 1. The van der Waals surface area contributed by atoms with Crippen LogP contribution in [-0.2, 0) is 24.2 Å². The number of benzene rings is 2. The number of nitrogens with zero attached hydrogens (tertiary/aromatic N) is 2. The van der Waals surface area contributed by atoms with Gasteiger partial charge in [0.1, 0.15) is 5.82 Å². The highest BCUT2D eigenvalue weighted by Crippen LogP contribution is 2.28. The van der Waals surface area contributed by atoms with Gasteiger partial charge in [-0.3, -0.25) is 4.79 Å². The van der Waals surface area contributed by atoms with Crippen LogP contribution in [0.3, 0.4) is 0 Å². The van der Waals surface area contributed by atoms with E-state index in [0.717, 1.165) is 66.1 Å². The molecule has 6 heteroatoms. The molecule has 0 aliphatic carbocycles. The van der Waals surface area contributed by atoms with Gasteiger partial charge in [-0.15, -0.1) is 6.58 Å². The summed E-state index contributed by atoms with van der Waals surface area (Å²) in [6, 6.07) is 14.2. The fourth-order valence-corrected chi connectivity index (χ4v) is 3.76. The largest absolute Gasteiger partial charge is 0.493 e. The van der Waals surface area contributed by atoms with E-state index in [1.165, 1.54) is 0 Å². The van der Waals surface area contributed by atoms with Crippen molar-refractivity contribution in [2.45, 2.75) is 46.1 Å². The first-order valence-corrected chi connectivity index (χ1v) is 11.7. The molecule has 176 valence electrons. The topological polar surface area (TPSA) is 65.4 Å². The molecule has 0 unspecified atom stereocenters. The quantitative estimate of drug-likeness (QED) is 0.296. The van der Waals surface area contributed by atoms with Gasteiger partial charge >= 0.3 is 0 Å². The third-order valence-corrected chi connectivity index (χ3v) is 5.53. The summed E-state index contributed by atoms with van der Waals surface area (Å²) < 4.78 is 13.8. The molecule has 6 nitrogen and oxygen atoms in total. The average molecular weight is 450 g/mol. The number of aryl methyl sites for hydroxylation is 2. The van der Waals surface area contributed by atoms with Gasteiger partial charge in [0.15, 0.2) is 11.5 Å². The molecule has 0 saturated heterocycles. The Morgan fingerprint density at radius 3 is 2.76 bits per heavy atom. The summed E-state index contributed by atoms with van der Waals surface area (Å²) in [5.41, 5.74) is 3.28. The van der Waals surface area contributed by atoms with E-state index in [2.05, 4.69) is 22.5 Å². The van der Waals surface area contributed by atoms with Gasteiger partial charge in [-0.2, -0.15) is 0 Å². The molecular weight excluding hydrogens is 414 g/mol. The lowest BCUT2D eigenvalue weighted by molar-refractivity contribution is -0.123. The summed E-state index contributed by atoms with van der Waals surface area (Å²) in [5.74, 6) is 2.63. The number of para-hydroxylation sites is 2. The summed E-state index contributed by atoms with van der Waals surface area (Å²) in [5, 5.41) is 2.99. The second-order valence-corrected chi connectivity index (χ2v) is 8.40. The number of imidazole rings is 1. The Bertz CT molecular complexity index is 1070. The summed E-state index contributed by atoms with van der Waals surface area (Å²) in [6.07, 6.45) is 5.18. The van der Waals surface area contributed by atoms with Gasteiger partial charge in [-0.25, -0.2) is 4.98 Å². The molecule has 3 aromatic rings. The van der Waals surface area contributed by atoms with Crippen LogP contribution in [0.25, 0.3) is 11.0 Å². The van der Waals surface area contributed by atoms with Crippen molar-refractivity contribution in [1.82, 2.24) is 14.9 Å². The number of carbonyl (C=O) groups is 1. The normalized spacial score (nSPS) is 11.0. The van der Waals surface area contributed by atoms with Crippen molar-refractivity contribution in [1.29, 1.82) is 0 Å². The van der Waals surface area contributed by atoms with Crippen LogP contribution in [0.15, 0.2) is 55.1 Å². The molecule has 0 spiro atoms. The first-order chi connectivity index (χ1) is 16.0. The van der Waals surface area contributed by atoms with Crippen LogP contribution in [0.2, 0.25) is 0 Å². The van der Waals surface area contributed by atoms with Crippen molar-refractivity contribution in [2.75, 3.05) is 20.3 Å². The van der Waals surface area contributed by atoms with E-state index in [1.54, 1.807) is 7.11 Å². The summed E-state index contributed by atoms with van der Waals surface area (Å²) in [4.78, 5) is 16.6. The van der Waals surface area contributed by atoms with E-state index in [9.17, 15) is 4.79 Å². The summed E-state index contributed by atoms with van der Waals surface area (Å²) >= 11 is 0. The van der Waals surface area contributed by atoms with E-state index < -0.39 is 0 Å². The minimum Gasteiger partial charge on any atom is -0.493 e. The number of hydrogen-bond acceptors (Lipinski definition) is 4. The number of fused-ring (bicyclic) bond motifs is 1. The molecule has 0 saturated carbocycles. The SMILES string of the molecule is C=CCc1ccc(OCCCn2c(CCCNC(=O)C(C)C)nc3ccccc32)c(OC)c1. The van der Waals surface area contributed by atoms with Crippen molar-refractivity contribution in [3.05, 3.63) is 66.5 Å². The number of hydrogen-bond donors (Lipinski definition) is 1. The second kappa shape index (κ2) is 12.1. The number of aromatic nitrogens is 2. The van der Waals surface area contributed by atoms with Gasteiger partial charge in [-0.1, -0.05) is 38.1 Å². The van der Waals surface area contributed by atoms with E-state index in [0.29, 0.717) is 13.2 Å². The molecule has 0 aliphatic rings. The van der Waals surface area contributed by atoms with Crippen molar-refractivity contribution in [3.63, 3.8) is 0 Å². The molecule has 0 radical (unpaired) electrons. The average Bonchev–Trinajstić information content (AvgIpc) is 3.17. The number of amides is 1. The molecule has 0 fully saturated rings. The molecule has 1 N–H and O–H groups in total. The van der Waals surface area contributed by atoms with Gasteiger partial charge in [0, 0.05) is 25.4 Å². The van der Waals surface area contributed by atoms with Crippen LogP contribution in [0.5, 0.6) is 11.5 Å². The van der Waals surface area contributed by atoms with Gasteiger partial charge < -0.3 is 19.4 Å². The number of carbonyl (C=O) groups excluding carboxylic acids is 1. The molecule has 1 aromatic heterocycles. The van der Waals surface area contributed by atoms with E-state index >= 15 is 0 Å². The van der Waals surface area contributed by atoms with E-state index in [1.807, 2.05) is 56.3 Å². The fourth-order valence-electron chi connectivity index (χ4n) is 3.76. The molecule has 0 bridgehead atoms. The number of nitrogens with one attached hydrogen (secondary N) is 1. The smallest absolute Gasteiger partial charge is 0.222 e. The second-order valence-electron chi connectivity index (χ2n) is 8.40. The zero-order valence-corrected chi connectivity index (χ0v) is 20.0. The highest BCUT2D eigenvalue weighted by atomic mass is 16.5. The number of ether oxygens (including phenoxy) is 2. The Balaban J connectivity index is 1.60. The number of rotatable bonds is 13. The predicted molar refractivity (Wildman–Crippen MR) is 133 cm³/mol. The Hall–Kier alpha value is -3.28. The lowest BCUT2D eigenvalue weighted by atomic mass is 10.1. The molecule has 2 aromatic carbocycles. The molecule has 0 aliphatic heterocycles. The van der Waals surface area contributed by atoms with Gasteiger partial charge in [-0.05, 0) is 49.1 Å². The summed E-state index contributed by atoms with van der Waals surface area (Å²) in [7, 11) is 1.66. The number of allylic oxidation sites excluding steroid dienone is 1. The Kier molecular flexibility index (Phi) is 8.93. The van der Waals surface area contributed by atoms with Gasteiger partial charge in [0.2, 0.25) is 5.91 Å². The first-order valence-electron chi connectivity index (χ1n) is 11.7. The standard InChI is InChI=1S/C27H35N3O3/c1-5-10-21-14-15-24(25(19-21)32-4)33-18-9-17-30-23-12-7-6-11-22(23)29-26(30)13-8-16-28-27(31)20(2)3/h5-7,11-12,14-15,19-20H,1,8-10,13,16-18H2,2-4H3,(H,28,31). The van der Waals surface area contributed by atoms with Crippen LogP contribution >= 0.6 is 0 Å². The van der Waals surface area contributed by atoms with Crippen molar-refractivity contribution < 1.29 is 14.3 Å². The molecule has 3 rings (SSSR count). The van der Waals surface area contributed by atoms with Crippen molar-refractivity contribution >= 4 is 16.9 Å². The molecule has 1 amide bonds. The van der Waals surface area contributed by atoms with Crippen molar-refractivity contribution in [2.24, 2.45) is 5.92 Å². The lowest BCUT2D eigenvalue weighted by Crippen LogP contribution is -2.28. The highest BCUT2D eigenvalue weighted by molar-refractivity contribution is 5.77. The third-order valence-electron chi connectivity index (χ3n) is 5.53. The van der Waals surface area contributed by atoms with E-state index in [-0.39, 0.29) is 11.8 Å². The van der Waals surface area contributed by atoms with Crippen LogP contribution in [0, 0.1) is 5.92 Å². The first kappa shape index (κ1) is 24.4. The Morgan fingerprint density at radius 1 is 1.18 bits per heavy atom. The minimum absolute atomic E-state index is 0.00591. The summed E-state index contributed by atoms with van der Waals surface area (Å²) in [6.45, 7) is 9.64. The molecule has 1 heterocycles. The molecule has 0 atom stereocenters. The fraction of sp³-hybridized carbons (Fsp3) is 0.407. The molecular formula is C27H35N3O3. The Labute approximate surface area is 196 Å². The van der Waals surface area contributed by atoms with Gasteiger partial charge in [0.25, 0.3) is 0 Å². The third kappa shape index (κ3) is 6.60. The molecule has 33 heavy (non-hydrogen) atoms. The van der Waals surface area contributed by atoms with Crippen molar-refractivity contribution in [3.8, 4) is 11.5 Å². The predicted octanol–water partition coefficient (Wildman–Crippen LogP) is 4.95. The van der Waals surface area contributed by atoms with Gasteiger partial charge in [0.05, 0.1) is 24.8 Å². The Morgan fingerprint density at radius 2 is 2.00 bits per heavy atom. The zero-order valence-electron chi connectivity index (χ0n) is 20.0. The van der Waals surface area contributed by atoms with E-state index in [4.69, 9.17) is 14.5 Å². The van der Waals surface area contributed by atoms with Crippen LogP contribution < -0.4 is 14.8 Å². The maximum absolute atomic E-state index is 11.8. The highest BCUT2D eigenvalue weighted by Gasteiger charge is 2.12. The van der Waals surface area contributed by atoms with Crippen LogP contribution in [0.4, 0.5) is 0 Å². The van der Waals surface area contributed by atoms with Crippen LogP contribution in [-0.4, -0.2) is 35.7 Å². The van der Waals surface area contributed by atoms with Crippen LogP contribution in [0.1, 0.15) is 38.1 Å². The minimum atomic E-state index is 0.00591. The zero-order chi connectivity index (χ0) is 23.6. The lowest BCUT2D eigenvalue weighted by Gasteiger charge is -2.13. The maximum atomic E-state index is 11.8. The maximum Gasteiger partial charge on any atom is 0.222 e. The monoisotopic (exact) mass is 449 g/mol.